The van der Waals surface area contributed by atoms with Gasteiger partial charge in [-0.05, 0) is 59.8 Å². The third-order valence-electron chi connectivity index (χ3n) is 4.46. The van der Waals surface area contributed by atoms with Crippen molar-refractivity contribution in [3.05, 3.63) is 0 Å². The Morgan fingerprint density at radius 3 is 2.39 bits per heavy atom. The average Bonchev–Trinajstić information content (AvgIpc) is 2.59. The number of carbonyl (C=O) groups is 1. The first kappa shape index (κ1) is 20.3. The molecular formula is C19H38N2O2. The Morgan fingerprint density at radius 1 is 1.09 bits per heavy atom. The van der Waals surface area contributed by atoms with Gasteiger partial charge < -0.3 is 15.4 Å². The van der Waals surface area contributed by atoms with Crippen LogP contribution in [0.2, 0.25) is 0 Å². The molecule has 136 valence electrons. The van der Waals surface area contributed by atoms with Crippen LogP contribution in [0.25, 0.3) is 0 Å². The number of alkyl carbamates (subject to hydrolysis) is 1. The van der Waals surface area contributed by atoms with E-state index in [0.717, 1.165) is 12.5 Å². The summed E-state index contributed by atoms with van der Waals surface area (Å²) in [6, 6.07) is 0.580. The van der Waals surface area contributed by atoms with Crippen LogP contribution in [0.4, 0.5) is 4.79 Å². The summed E-state index contributed by atoms with van der Waals surface area (Å²) in [6.45, 7) is 12.8. The smallest absolute Gasteiger partial charge is 0.408 e. The third-order valence-corrected chi connectivity index (χ3v) is 4.46. The first-order valence-electron chi connectivity index (χ1n) is 9.36. The molecule has 1 amide bonds. The molecule has 0 aromatic rings. The molecule has 0 bridgehead atoms. The average molecular weight is 327 g/mol. The number of rotatable bonds is 6. The zero-order valence-corrected chi connectivity index (χ0v) is 16.1. The minimum absolute atomic E-state index is 0.308. The Balaban J connectivity index is 2.36. The molecular weight excluding hydrogens is 288 g/mol. The van der Waals surface area contributed by atoms with Gasteiger partial charge in [-0.3, -0.25) is 0 Å². The third kappa shape index (κ3) is 9.19. The van der Waals surface area contributed by atoms with Gasteiger partial charge in [0.05, 0.1) is 5.54 Å². The summed E-state index contributed by atoms with van der Waals surface area (Å²) in [6.07, 6.45) is 8.89. The van der Waals surface area contributed by atoms with Gasteiger partial charge in [-0.15, -0.1) is 0 Å². The van der Waals surface area contributed by atoms with E-state index in [1.807, 2.05) is 34.6 Å². The maximum atomic E-state index is 11.9. The van der Waals surface area contributed by atoms with E-state index >= 15 is 0 Å². The Labute approximate surface area is 143 Å². The molecule has 4 nitrogen and oxygen atoms in total. The van der Waals surface area contributed by atoms with Gasteiger partial charge in [0.15, 0.2) is 0 Å². The van der Waals surface area contributed by atoms with Gasteiger partial charge in [0, 0.05) is 12.6 Å². The molecule has 2 N–H and O–H groups in total. The highest BCUT2D eigenvalue weighted by atomic mass is 16.6. The van der Waals surface area contributed by atoms with Crippen molar-refractivity contribution in [3.8, 4) is 0 Å². The first-order chi connectivity index (χ1) is 10.6. The Hall–Kier alpha value is -0.770. The van der Waals surface area contributed by atoms with E-state index in [4.69, 9.17) is 4.74 Å². The second kappa shape index (κ2) is 8.91. The summed E-state index contributed by atoms with van der Waals surface area (Å²) in [4.78, 5) is 11.9. The molecule has 23 heavy (non-hydrogen) atoms. The molecule has 0 heterocycles. The van der Waals surface area contributed by atoms with Gasteiger partial charge in [-0.25, -0.2) is 4.79 Å². The van der Waals surface area contributed by atoms with Gasteiger partial charge in [0.1, 0.15) is 5.60 Å². The molecule has 1 fully saturated rings. The van der Waals surface area contributed by atoms with Crippen LogP contribution in [-0.2, 0) is 4.74 Å². The predicted octanol–water partition coefficient (Wildman–Crippen LogP) is 4.63. The fraction of sp³-hybridized carbons (Fsp3) is 0.947. The fourth-order valence-electron chi connectivity index (χ4n) is 3.30. The van der Waals surface area contributed by atoms with Crippen LogP contribution in [0.3, 0.4) is 0 Å². The van der Waals surface area contributed by atoms with Crippen molar-refractivity contribution in [2.45, 2.75) is 104 Å². The van der Waals surface area contributed by atoms with Gasteiger partial charge in [0.25, 0.3) is 0 Å². The van der Waals surface area contributed by atoms with Crippen molar-refractivity contribution in [3.63, 3.8) is 0 Å². The monoisotopic (exact) mass is 326 g/mol. The molecule has 2 atom stereocenters. The number of amides is 1. The molecule has 1 saturated carbocycles. The van der Waals surface area contributed by atoms with Crippen molar-refractivity contribution in [1.29, 1.82) is 0 Å². The molecule has 0 radical (unpaired) electrons. The predicted molar refractivity (Wildman–Crippen MR) is 96.7 cm³/mol. The fourth-order valence-corrected chi connectivity index (χ4v) is 3.30. The maximum Gasteiger partial charge on any atom is 0.408 e. The van der Waals surface area contributed by atoms with E-state index in [0.29, 0.717) is 6.04 Å². The quantitative estimate of drug-likeness (QED) is 0.700. The summed E-state index contributed by atoms with van der Waals surface area (Å²) < 4.78 is 5.35. The number of nitrogens with one attached hydrogen (secondary N) is 2. The van der Waals surface area contributed by atoms with Crippen LogP contribution in [0.15, 0.2) is 0 Å². The van der Waals surface area contributed by atoms with Gasteiger partial charge in [0.2, 0.25) is 0 Å². The second-order valence-electron chi connectivity index (χ2n) is 8.75. The molecule has 0 spiro atoms. The lowest BCUT2D eigenvalue weighted by Gasteiger charge is -2.30. The SMILES string of the molecule is CCCC1CCCC(NCC(C)(C)NC(=O)OC(C)(C)C)CC1. The first-order valence-corrected chi connectivity index (χ1v) is 9.36. The topological polar surface area (TPSA) is 50.4 Å². The maximum absolute atomic E-state index is 11.9. The molecule has 0 saturated heterocycles. The number of hydrogen-bond acceptors (Lipinski definition) is 3. The summed E-state index contributed by atoms with van der Waals surface area (Å²) in [5, 5.41) is 6.64. The van der Waals surface area contributed by atoms with E-state index < -0.39 is 5.60 Å². The number of ether oxygens (including phenoxy) is 1. The Bertz CT molecular complexity index is 361. The molecule has 0 aromatic carbocycles. The summed E-state index contributed by atoms with van der Waals surface area (Å²) in [5.41, 5.74) is -0.763. The standard InChI is InChI=1S/C19H38N2O2/c1-7-9-15-10-8-11-16(13-12-15)20-14-19(5,6)21-17(22)23-18(2,3)4/h15-16,20H,7-14H2,1-6H3,(H,21,22). The highest BCUT2D eigenvalue weighted by Crippen LogP contribution is 2.26. The largest absolute Gasteiger partial charge is 0.444 e. The van der Waals surface area contributed by atoms with Crippen LogP contribution >= 0.6 is 0 Å². The van der Waals surface area contributed by atoms with Crippen LogP contribution in [0, 0.1) is 5.92 Å². The van der Waals surface area contributed by atoms with Crippen LogP contribution < -0.4 is 10.6 Å². The normalized spacial score (nSPS) is 23.2. The molecule has 0 aliphatic heterocycles. The van der Waals surface area contributed by atoms with Gasteiger partial charge in [-0.2, -0.15) is 0 Å². The second-order valence-corrected chi connectivity index (χ2v) is 8.75. The minimum Gasteiger partial charge on any atom is -0.444 e. The number of hydrogen-bond donors (Lipinski definition) is 2. The highest BCUT2D eigenvalue weighted by Gasteiger charge is 2.26. The Kier molecular flexibility index (Phi) is 7.85. The van der Waals surface area contributed by atoms with Crippen molar-refractivity contribution in [2.75, 3.05) is 6.54 Å². The van der Waals surface area contributed by atoms with E-state index in [1.54, 1.807) is 0 Å². The van der Waals surface area contributed by atoms with Crippen molar-refractivity contribution in [1.82, 2.24) is 10.6 Å². The molecule has 0 aromatic heterocycles. The van der Waals surface area contributed by atoms with E-state index in [2.05, 4.69) is 17.6 Å². The van der Waals surface area contributed by atoms with Crippen LogP contribution in [0.1, 0.15) is 86.5 Å². The summed E-state index contributed by atoms with van der Waals surface area (Å²) in [7, 11) is 0. The molecule has 1 aliphatic carbocycles. The lowest BCUT2D eigenvalue weighted by molar-refractivity contribution is 0.0470. The molecule has 1 aliphatic rings. The minimum atomic E-state index is -0.455. The zero-order chi connectivity index (χ0) is 17.5. The van der Waals surface area contributed by atoms with Crippen molar-refractivity contribution >= 4 is 6.09 Å². The summed E-state index contributed by atoms with van der Waals surface area (Å²) >= 11 is 0. The molecule has 4 heteroatoms. The van der Waals surface area contributed by atoms with E-state index in [9.17, 15) is 4.79 Å². The Morgan fingerprint density at radius 2 is 1.78 bits per heavy atom. The van der Waals surface area contributed by atoms with Crippen molar-refractivity contribution < 1.29 is 9.53 Å². The number of carbonyl (C=O) groups excluding carboxylic acids is 1. The molecule has 2 unspecified atom stereocenters. The van der Waals surface area contributed by atoms with Crippen molar-refractivity contribution in [2.24, 2.45) is 5.92 Å². The van der Waals surface area contributed by atoms with Crippen LogP contribution in [0.5, 0.6) is 0 Å². The van der Waals surface area contributed by atoms with Gasteiger partial charge in [-0.1, -0.05) is 32.6 Å². The highest BCUT2D eigenvalue weighted by molar-refractivity contribution is 5.68. The van der Waals surface area contributed by atoms with E-state index in [1.165, 1.54) is 44.9 Å². The van der Waals surface area contributed by atoms with E-state index in [-0.39, 0.29) is 11.6 Å². The van der Waals surface area contributed by atoms with Gasteiger partial charge >= 0.3 is 6.09 Å². The summed E-state index contributed by atoms with van der Waals surface area (Å²) in [5.74, 6) is 0.916. The lowest BCUT2D eigenvalue weighted by Crippen LogP contribution is -2.53. The zero-order valence-electron chi connectivity index (χ0n) is 16.1. The van der Waals surface area contributed by atoms with Crippen LogP contribution in [-0.4, -0.2) is 29.8 Å². The lowest BCUT2D eigenvalue weighted by atomic mass is 9.95. The molecule has 1 rings (SSSR count).